The van der Waals surface area contributed by atoms with E-state index in [2.05, 4.69) is 39.7 Å². The third kappa shape index (κ3) is 2.86. The summed E-state index contributed by atoms with van der Waals surface area (Å²) < 4.78 is 0. The van der Waals surface area contributed by atoms with Crippen LogP contribution < -0.4 is 5.73 Å². The molecule has 22 heavy (non-hydrogen) atoms. The first-order valence-electron chi connectivity index (χ1n) is 6.99. The van der Waals surface area contributed by atoms with Crippen molar-refractivity contribution >= 4 is 5.82 Å². The molecule has 3 rings (SSSR count). The van der Waals surface area contributed by atoms with E-state index in [1.54, 1.807) is 6.20 Å². The number of hydrogen-bond donors (Lipinski definition) is 1. The van der Waals surface area contributed by atoms with Crippen LogP contribution in [-0.2, 0) is 6.42 Å². The summed E-state index contributed by atoms with van der Waals surface area (Å²) in [6, 6.07) is 10.1. The van der Waals surface area contributed by atoms with Crippen molar-refractivity contribution in [2.75, 3.05) is 5.73 Å². The van der Waals surface area contributed by atoms with Crippen molar-refractivity contribution in [3.05, 3.63) is 73.5 Å². The van der Waals surface area contributed by atoms with Crippen molar-refractivity contribution in [1.29, 1.82) is 0 Å². The Balaban J connectivity index is 2.10. The fourth-order valence-electron chi connectivity index (χ4n) is 2.44. The molecule has 0 amide bonds. The third-order valence-electron chi connectivity index (χ3n) is 3.46. The Hall–Kier alpha value is -3.01. The molecule has 4 nitrogen and oxygen atoms in total. The van der Waals surface area contributed by atoms with Gasteiger partial charge in [-0.15, -0.1) is 6.58 Å². The molecular formula is C18H16N4. The van der Waals surface area contributed by atoms with E-state index < -0.39 is 0 Å². The molecule has 0 aliphatic rings. The van der Waals surface area contributed by atoms with Crippen LogP contribution in [-0.4, -0.2) is 15.0 Å². The molecule has 0 aliphatic carbocycles. The maximum atomic E-state index is 5.79. The minimum absolute atomic E-state index is 0.516. The van der Waals surface area contributed by atoms with Gasteiger partial charge in [0.1, 0.15) is 12.1 Å². The van der Waals surface area contributed by atoms with Crippen LogP contribution in [0.4, 0.5) is 5.82 Å². The topological polar surface area (TPSA) is 64.7 Å². The van der Waals surface area contributed by atoms with Crippen molar-refractivity contribution in [1.82, 2.24) is 15.0 Å². The summed E-state index contributed by atoms with van der Waals surface area (Å²) in [6.45, 7) is 3.85. The zero-order valence-corrected chi connectivity index (χ0v) is 12.1. The maximum absolute atomic E-state index is 5.79. The number of anilines is 1. The number of rotatable bonds is 4. The molecule has 108 valence electrons. The highest BCUT2D eigenvalue weighted by molar-refractivity contribution is 5.74. The van der Waals surface area contributed by atoms with Gasteiger partial charge in [0.2, 0.25) is 0 Å². The van der Waals surface area contributed by atoms with Crippen LogP contribution in [0.5, 0.6) is 0 Å². The summed E-state index contributed by atoms with van der Waals surface area (Å²) in [5, 5.41) is 0. The predicted octanol–water partition coefficient (Wildman–Crippen LogP) is 3.52. The van der Waals surface area contributed by atoms with Crippen LogP contribution >= 0.6 is 0 Å². The molecule has 0 saturated heterocycles. The highest BCUT2D eigenvalue weighted by Crippen LogP contribution is 2.29. The van der Waals surface area contributed by atoms with Gasteiger partial charge in [0.25, 0.3) is 0 Å². The van der Waals surface area contributed by atoms with Gasteiger partial charge in [0.15, 0.2) is 0 Å². The number of allylic oxidation sites excluding steroid dienone is 1. The molecular weight excluding hydrogens is 272 g/mol. The van der Waals surface area contributed by atoms with E-state index in [0.29, 0.717) is 5.82 Å². The molecule has 0 aliphatic heterocycles. The minimum atomic E-state index is 0.516. The largest absolute Gasteiger partial charge is 0.384 e. The van der Waals surface area contributed by atoms with Crippen molar-refractivity contribution in [3.63, 3.8) is 0 Å². The minimum Gasteiger partial charge on any atom is -0.384 e. The summed E-state index contributed by atoms with van der Waals surface area (Å²) in [6.07, 6.45) is 9.55. The van der Waals surface area contributed by atoms with Gasteiger partial charge in [-0.25, -0.2) is 15.0 Å². The van der Waals surface area contributed by atoms with E-state index in [0.717, 1.165) is 28.7 Å². The first-order valence-corrected chi connectivity index (χ1v) is 6.99. The van der Waals surface area contributed by atoms with E-state index in [1.165, 1.54) is 11.9 Å². The molecule has 2 heterocycles. The Bertz CT molecular complexity index is 797. The Morgan fingerprint density at radius 3 is 2.55 bits per heavy atom. The summed E-state index contributed by atoms with van der Waals surface area (Å²) >= 11 is 0. The molecule has 0 unspecified atom stereocenters. The van der Waals surface area contributed by atoms with Gasteiger partial charge >= 0.3 is 0 Å². The quantitative estimate of drug-likeness (QED) is 0.746. The SMILES string of the molecule is C=CCc1cc(-c2cncnc2)ccc1-c1ccnc(N)c1. The fraction of sp³-hybridized carbons (Fsp3) is 0.0556. The van der Waals surface area contributed by atoms with Crippen LogP contribution in [0.3, 0.4) is 0 Å². The van der Waals surface area contributed by atoms with Crippen molar-refractivity contribution in [2.24, 2.45) is 0 Å². The Morgan fingerprint density at radius 1 is 1.00 bits per heavy atom. The van der Waals surface area contributed by atoms with Crippen LogP contribution in [0, 0.1) is 0 Å². The lowest BCUT2D eigenvalue weighted by Gasteiger charge is -2.11. The van der Waals surface area contributed by atoms with Crippen LogP contribution in [0.15, 0.2) is 67.9 Å². The lowest BCUT2D eigenvalue weighted by molar-refractivity contribution is 1.17. The number of pyridine rings is 1. The number of nitrogen functional groups attached to an aromatic ring is 1. The second kappa shape index (κ2) is 6.18. The van der Waals surface area contributed by atoms with Crippen molar-refractivity contribution in [3.8, 4) is 22.3 Å². The molecule has 0 saturated carbocycles. The summed E-state index contributed by atoms with van der Waals surface area (Å²) in [5.74, 6) is 0.516. The second-order valence-corrected chi connectivity index (χ2v) is 4.96. The molecule has 2 aromatic heterocycles. The Labute approximate surface area is 129 Å². The van der Waals surface area contributed by atoms with E-state index in [-0.39, 0.29) is 0 Å². The fourth-order valence-corrected chi connectivity index (χ4v) is 2.44. The molecule has 2 N–H and O–H groups in total. The summed E-state index contributed by atoms with van der Waals surface area (Å²) in [7, 11) is 0. The molecule has 3 aromatic rings. The number of nitrogens with zero attached hydrogens (tertiary/aromatic N) is 3. The number of aromatic nitrogens is 3. The maximum Gasteiger partial charge on any atom is 0.123 e. The molecule has 0 fully saturated rings. The zero-order valence-electron chi connectivity index (χ0n) is 12.1. The van der Waals surface area contributed by atoms with Gasteiger partial charge in [-0.05, 0) is 40.8 Å². The van der Waals surface area contributed by atoms with Gasteiger partial charge in [0.05, 0.1) is 0 Å². The van der Waals surface area contributed by atoms with E-state index in [9.17, 15) is 0 Å². The molecule has 0 bridgehead atoms. The standard InChI is InChI=1S/C18H16N4/c1-2-3-14-8-13(16-10-20-12-21-11-16)4-5-17(14)15-6-7-22-18(19)9-15/h2,4-12H,1,3H2,(H2,19,22). The van der Waals surface area contributed by atoms with Crippen molar-refractivity contribution in [2.45, 2.75) is 6.42 Å². The number of hydrogen-bond acceptors (Lipinski definition) is 4. The predicted molar refractivity (Wildman–Crippen MR) is 89.0 cm³/mol. The number of nitrogens with two attached hydrogens (primary N) is 1. The van der Waals surface area contributed by atoms with Gasteiger partial charge in [0, 0.05) is 24.2 Å². The smallest absolute Gasteiger partial charge is 0.123 e. The van der Waals surface area contributed by atoms with Gasteiger partial charge in [-0.2, -0.15) is 0 Å². The van der Waals surface area contributed by atoms with E-state index >= 15 is 0 Å². The summed E-state index contributed by atoms with van der Waals surface area (Å²) in [4.78, 5) is 12.2. The highest BCUT2D eigenvalue weighted by atomic mass is 14.8. The van der Waals surface area contributed by atoms with Crippen LogP contribution in [0.1, 0.15) is 5.56 Å². The first-order chi connectivity index (χ1) is 10.8. The molecule has 1 aromatic carbocycles. The first kappa shape index (κ1) is 13.9. The van der Waals surface area contributed by atoms with E-state index in [1.807, 2.05) is 30.6 Å². The highest BCUT2D eigenvalue weighted by Gasteiger charge is 2.08. The van der Waals surface area contributed by atoms with Crippen LogP contribution in [0.25, 0.3) is 22.3 Å². The lowest BCUT2D eigenvalue weighted by Crippen LogP contribution is -1.93. The summed E-state index contributed by atoms with van der Waals surface area (Å²) in [5.41, 5.74) is 11.2. The second-order valence-electron chi connectivity index (χ2n) is 4.96. The Kier molecular flexibility index (Phi) is 3.92. The van der Waals surface area contributed by atoms with Gasteiger partial charge in [-0.1, -0.05) is 24.3 Å². The molecule has 0 radical (unpaired) electrons. The lowest BCUT2D eigenvalue weighted by atomic mass is 9.94. The van der Waals surface area contributed by atoms with Gasteiger partial charge < -0.3 is 5.73 Å². The third-order valence-corrected chi connectivity index (χ3v) is 3.46. The zero-order chi connectivity index (χ0) is 15.4. The van der Waals surface area contributed by atoms with E-state index in [4.69, 9.17) is 5.73 Å². The molecule has 0 atom stereocenters. The average Bonchev–Trinajstić information content (AvgIpc) is 2.56. The normalized spacial score (nSPS) is 10.4. The van der Waals surface area contributed by atoms with Crippen LogP contribution in [0.2, 0.25) is 0 Å². The van der Waals surface area contributed by atoms with Crippen molar-refractivity contribution < 1.29 is 0 Å². The Morgan fingerprint density at radius 2 is 1.82 bits per heavy atom. The molecule has 4 heteroatoms. The average molecular weight is 288 g/mol. The molecule has 0 spiro atoms. The number of benzene rings is 1. The monoisotopic (exact) mass is 288 g/mol. The van der Waals surface area contributed by atoms with Gasteiger partial charge in [-0.3, -0.25) is 0 Å².